The lowest BCUT2D eigenvalue weighted by Crippen LogP contribution is -2.41. The Kier molecular flexibility index (Phi) is 6.46. The smallest absolute Gasteiger partial charge is 0.326 e. The van der Waals surface area contributed by atoms with Crippen molar-refractivity contribution in [3.8, 4) is 5.69 Å². The van der Waals surface area contributed by atoms with Crippen LogP contribution >= 0.6 is 0 Å². The van der Waals surface area contributed by atoms with Gasteiger partial charge >= 0.3 is 5.97 Å². The molecule has 1 aromatic carbocycles. The summed E-state index contributed by atoms with van der Waals surface area (Å²) < 4.78 is 19.6. The van der Waals surface area contributed by atoms with E-state index in [0.717, 1.165) is 0 Å². The Labute approximate surface area is 150 Å². The Hall–Kier alpha value is -2.74. The van der Waals surface area contributed by atoms with Crippen LogP contribution in [-0.2, 0) is 9.53 Å². The van der Waals surface area contributed by atoms with Gasteiger partial charge in [-0.3, -0.25) is 4.79 Å². The Balaban J connectivity index is 2.32. The average molecular weight is 363 g/mol. The molecular formula is C18H22FN3O4. The summed E-state index contributed by atoms with van der Waals surface area (Å²) in [6.45, 7) is 4.00. The van der Waals surface area contributed by atoms with E-state index >= 15 is 0 Å². The van der Waals surface area contributed by atoms with Crippen LogP contribution in [0.5, 0.6) is 0 Å². The molecule has 1 atom stereocenters. The summed E-state index contributed by atoms with van der Waals surface area (Å²) in [5.74, 6) is -2.09. The highest BCUT2D eigenvalue weighted by Crippen LogP contribution is 2.23. The van der Waals surface area contributed by atoms with Gasteiger partial charge in [-0.2, -0.15) is 5.10 Å². The molecule has 0 radical (unpaired) electrons. The van der Waals surface area contributed by atoms with E-state index in [0.29, 0.717) is 11.4 Å². The minimum absolute atomic E-state index is 0.0643. The summed E-state index contributed by atoms with van der Waals surface area (Å²) in [6, 6.07) is 4.69. The van der Waals surface area contributed by atoms with Crippen molar-refractivity contribution in [3.05, 3.63) is 47.5 Å². The molecule has 0 spiro atoms. The Morgan fingerprint density at radius 1 is 1.31 bits per heavy atom. The van der Waals surface area contributed by atoms with Gasteiger partial charge in [0.05, 0.1) is 23.1 Å². The molecule has 0 aliphatic carbocycles. The third kappa shape index (κ3) is 4.45. The van der Waals surface area contributed by atoms with Crippen LogP contribution in [0.2, 0.25) is 0 Å². The summed E-state index contributed by atoms with van der Waals surface area (Å²) in [5, 5.41) is 16.0. The number of amides is 1. The second kappa shape index (κ2) is 8.57. The van der Waals surface area contributed by atoms with Gasteiger partial charge in [-0.15, -0.1) is 0 Å². The number of hydrogen-bond acceptors (Lipinski definition) is 4. The third-order valence-corrected chi connectivity index (χ3v) is 3.88. The Morgan fingerprint density at radius 2 is 1.96 bits per heavy atom. The molecule has 7 nitrogen and oxygen atoms in total. The highest BCUT2D eigenvalue weighted by Gasteiger charge is 2.25. The van der Waals surface area contributed by atoms with E-state index in [2.05, 4.69) is 10.4 Å². The standard InChI is InChI=1S/C18H22FN3O4/c1-11(2)16-14(17(23)21-15(18(24)25)8-9-26-3)10-20-22(16)13-6-4-12(19)5-7-13/h4-7,10-11,15H,8-9H2,1-3H3,(H,21,23)(H,24,25). The molecule has 1 aromatic heterocycles. The number of hydrogen-bond donors (Lipinski definition) is 2. The van der Waals surface area contributed by atoms with E-state index in [1.807, 2.05) is 13.8 Å². The lowest BCUT2D eigenvalue weighted by molar-refractivity contribution is -0.139. The summed E-state index contributed by atoms with van der Waals surface area (Å²) in [4.78, 5) is 23.9. The first-order chi connectivity index (χ1) is 12.3. The average Bonchev–Trinajstić information content (AvgIpc) is 3.04. The lowest BCUT2D eigenvalue weighted by Gasteiger charge is -2.16. The van der Waals surface area contributed by atoms with Crippen LogP contribution in [0.3, 0.4) is 0 Å². The van der Waals surface area contributed by atoms with Crippen molar-refractivity contribution in [2.45, 2.75) is 32.2 Å². The molecule has 0 aliphatic heterocycles. The van der Waals surface area contributed by atoms with Gasteiger partial charge in [0, 0.05) is 20.1 Å². The largest absolute Gasteiger partial charge is 0.480 e. The van der Waals surface area contributed by atoms with Gasteiger partial charge < -0.3 is 15.2 Å². The Bertz CT molecular complexity index is 771. The number of aromatic nitrogens is 2. The number of carbonyl (C=O) groups excluding carboxylic acids is 1. The topological polar surface area (TPSA) is 93.5 Å². The molecule has 0 fully saturated rings. The molecular weight excluding hydrogens is 341 g/mol. The first kappa shape index (κ1) is 19.6. The molecule has 140 valence electrons. The van der Waals surface area contributed by atoms with E-state index in [-0.39, 0.29) is 30.3 Å². The maximum absolute atomic E-state index is 13.2. The molecule has 8 heteroatoms. The molecule has 2 aromatic rings. The van der Waals surface area contributed by atoms with Gasteiger partial charge in [0.1, 0.15) is 11.9 Å². The van der Waals surface area contributed by atoms with Crippen molar-refractivity contribution in [2.75, 3.05) is 13.7 Å². The molecule has 0 saturated heterocycles. The molecule has 26 heavy (non-hydrogen) atoms. The van der Waals surface area contributed by atoms with Crippen LogP contribution in [0.25, 0.3) is 5.69 Å². The second-order valence-electron chi connectivity index (χ2n) is 6.13. The first-order valence-corrected chi connectivity index (χ1v) is 8.21. The highest BCUT2D eigenvalue weighted by atomic mass is 19.1. The number of nitrogens with one attached hydrogen (secondary N) is 1. The van der Waals surface area contributed by atoms with Gasteiger partial charge in [0.2, 0.25) is 0 Å². The zero-order valence-corrected chi connectivity index (χ0v) is 14.9. The van der Waals surface area contributed by atoms with Crippen LogP contribution in [-0.4, -0.2) is 46.5 Å². The number of rotatable bonds is 8. The van der Waals surface area contributed by atoms with E-state index < -0.39 is 17.9 Å². The van der Waals surface area contributed by atoms with Crippen molar-refractivity contribution in [2.24, 2.45) is 0 Å². The summed E-state index contributed by atoms with van der Waals surface area (Å²) in [6.07, 6.45) is 1.55. The molecule has 2 N–H and O–H groups in total. The fourth-order valence-electron chi connectivity index (χ4n) is 2.61. The monoisotopic (exact) mass is 363 g/mol. The van der Waals surface area contributed by atoms with Crippen molar-refractivity contribution < 1.29 is 23.8 Å². The minimum Gasteiger partial charge on any atom is -0.480 e. The van der Waals surface area contributed by atoms with Crippen molar-refractivity contribution >= 4 is 11.9 Å². The second-order valence-corrected chi connectivity index (χ2v) is 6.13. The number of halogens is 1. The van der Waals surface area contributed by atoms with Crippen LogP contribution in [0.4, 0.5) is 4.39 Å². The number of nitrogens with zero attached hydrogens (tertiary/aromatic N) is 2. The van der Waals surface area contributed by atoms with Crippen molar-refractivity contribution in [1.29, 1.82) is 0 Å². The van der Waals surface area contributed by atoms with Crippen LogP contribution in [0.1, 0.15) is 42.2 Å². The number of aliphatic carboxylic acids is 1. The van der Waals surface area contributed by atoms with Gasteiger partial charge in [-0.05, 0) is 30.2 Å². The maximum atomic E-state index is 13.2. The number of carbonyl (C=O) groups is 2. The Morgan fingerprint density at radius 3 is 2.50 bits per heavy atom. The number of methoxy groups -OCH3 is 1. The van der Waals surface area contributed by atoms with E-state index in [4.69, 9.17) is 4.74 Å². The number of ether oxygens (including phenoxy) is 1. The van der Waals surface area contributed by atoms with Crippen LogP contribution < -0.4 is 5.32 Å². The van der Waals surface area contributed by atoms with Gasteiger partial charge in [-0.25, -0.2) is 13.9 Å². The predicted octanol–water partition coefficient (Wildman–Crippen LogP) is 2.35. The first-order valence-electron chi connectivity index (χ1n) is 8.21. The number of carboxylic acids is 1. The summed E-state index contributed by atoms with van der Waals surface area (Å²) in [5.41, 5.74) is 1.52. The minimum atomic E-state index is -1.13. The molecule has 0 saturated carbocycles. The lowest BCUT2D eigenvalue weighted by atomic mass is 10.0. The zero-order valence-electron chi connectivity index (χ0n) is 14.9. The number of carboxylic acid groups (broad SMARTS) is 1. The van der Waals surface area contributed by atoms with E-state index in [9.17, 15) is 19.1 Å². The molecule has 0 bridgehead atoms. The third-order valence-electron chi connectivity index (χ3n) is 3.88. The molecule has 1 amide bonds. The van der Waals surface area contributed by atoms with Crippen LogP contribution in [0, 0.1) is 5.82 Å². The zero-order chi connectivity index (χ0) is 19.3. The highest BCUT2D eigenvalue weighted by molar-refractivity contribution is 5.97. The predicted molar refractivity (Wildman–Crippen MR) is 93.0 cm³/mol. The van der Waals surface area contributed by atoms with Crippen LogP contribution in [0.15, 0.2) is 30.5 Å². The quantitative estimate of drug-likeness (QED) is 0.751. The van der Waals surface area contributed by atoms with Gasteiger partial charge in [0.25, 0.3) is 5.91 Å². The van der Waals surface area contributed by atoms with Gasteiger partial charge in [0.15, 0.2) is 0 Å². The normalized spacial score (nSPS) is 12.2. The molecule has 0 aliphatic rings. The maximum Gasteiger partial charge on any atom is 0.326 e. The van der Waals surface area contributed by atoms with E-state index in [1.54, 1.807) is 16.8 Å². The fraction of sp³-hybridized carbons (Fsp3) is 0.389. The molecule has 1 heterocycles. The summed E-state index contributed by atoms with van der Waals surface area (Å²) in [7, 11) is 1.46. The fourth-order valence-corrected chi connectivity index (χ4v) is 2.61. The SMILES string of the molecule is COCCC(NC(=O)c1cnn(-c2ccc(F)cc2)c1C(C)C)C(=O)O. The van der Waals surface area contributed by atoms with Crippen molar-refractivity contribution in [3.63, 3.8) is 0 Å². The number of benzene rings is 1. The summed E-state index contributed by atoms with van der Waals surface area (Å²) >= 11 is 0. The van der Waals surface area contributed by atoms with Gasteiger partial charge in [-0.1, -0.05) is 13.8 Å². The van der Waals surface area contributed by atoms with Crippen molar-refractivity contribution in [1.82, 2.24) is 15.1 Å². The molecule has 1 unspecified atom stereocenters. The van der Waals surface area contributed by atoms with E-state index in [1.165, 1.54) is 25.4 Å². The molecule has 2 rings (SSSR count).